The summed E-state index contributed by atoms with van der Waals surface area (Å²) in [5, 5.41) is 53.5. The summed E-state index contributed by atoms with van der Waals surface area (Å²) in [7, 11) is 0. The molecular formula is C63H82Cl2I2N18O6S. The summed E-state index contributed by atoms with van der Waals surface area (Å²) in [6.45, 7) is 5.86. The monoisotopic (exact) mass is 1540 g/mol. The normalized spacial score (nSPS) is 9.84. The van der Waals surface area contributed by atoms with Crippen LogP contribution in [0.3, 0.4) is 0 Å². The fraction of sp³-hybridized carbons (Fsp3) is 0.365. The zero-order valence-corrected chi connectivity index (χ0v) is 58.6. The zero-order valence-electron chi connectivity index (χ0n) is 51.8. The predicted molar refractivity (Wildman–Crippen MR) is 386 cm³/mol. The lowest BCUT2D eigenvalue weighted by Gasteiger charge is -2.07. The Kier molecular flexibility index (Phi) is 47.8. The number of aliphatic imine (C=N–C) groups is 1. The maximum Gasteiger partial charge on any atom is 0.280 e. The van der Waals surface area contributed by atoms with Crippen LogP contribution >= 0.6 is 81.5 Å². The van der Waals surface area contributed by atoms with Crippen LogP contribution in [0.4, 0.5) is 23.3 Å². The van der Waals surface area contributed by atoms with Crippen molar-refractivity contribution < 1.29 is 28.9 Å². The van der Waals surface area contributed by atoms with E-state index in [0.717, 1.165) is 86.7 Å². The molecule has 92 heavy (non-hydrogen) atoms. The van der Waals surface area contributed by atoms with E-state index >= 15 is 0 Å². The molecule has 0 saturated carbocycles. The molecule has 0 spiro atoms. The number of benzene rings is 4. The Balaban J connectivity index is 0.00000115. The number of anilines is 4. The Hall–Kier alpha value is -8.17. The van der Waals surface area contributed by atoms with Crippen molar-refractivity contribution in [2.24, 2.45) is 16.5 Å². The second-order valence-corrected chi connectivity index (χ2v) is 21.1. The number of nitrogens with two attached hydrogens (primary N) is 6. The molecule has 24 nitrogen and oxygen atoms in total. The van der Waals surface area contributed by atoms with Crippen molar-refractivity contribution in [3.05, 3.63) is 141 Å². The van der Waals surface area contributed by atoms with Crippen molar-refractivity contribution in [3.63, 3.8) is 0 Å². The highest BCUT2D eigenvalue weighted by Crippen LogP contribution is 2.20. The number of hydrogen-bond acceptors (Lipinski definition) is 22. The van der Waals surface area contributed by atoms with Gasteiger partial charge in [-0.15, -0.1) is 24.0 Å². The second kappa shape index (κ2) is 52.5. The van der Waals surface area contributed by atoms with Crippen LogP contribution in [0.5, 0.6) is 23.0 Å². The van der Waals surface area contributed by atoms with Gasteiger partial charge in [0.2, 0.25) is 0 Å². The SMILES string of the molecule is CCCCCc1ccc(O)cc1.CCCCCc1ccc(OCC#N)cc1.CSC(=N)NC(=O)c1nc(Cl)c(N)nc1N.I.N#CCI.N#CCOc1ccc(CCCCN)cc1.N#CCOc1ccc(CCCCN=C(N)NC(=O)c2nc(Cl)c(N)nc2N)cc1. The van der Waals surface area contributed by atoms with Gasteiger partial charge in [-0.3, -0.25) is 25.3 Å². The van der Waals surface area contributed by atoms with Gasteiger partial charge in [0.25, 0.3) is 11.8 Å². The van der Waals surface area contributed by atoms with Gasteiger partial charge >= 0.3 is 0 Å². The third kappa shape index (κ3) is 38.5. The summed E-state index contributed by atoms with van der Waals surface area (Å²) < 4.78 is 16.1. The largest absolute Gasteiger partial charge is 0.508 e. The number of aromatic nitrogens is 4. The molecule has 0 saturated heterocycles. The van der Waals surface area contributed by atoms with Crippen LogP contribution in [0, 0.1) is 50.7 Å². The number of carbonyl (C=O) groups is 2. The number of ether oxygens (including phenoxy) is 3. The van der Waals surface area contributed by atoms with E-state index in [2.05, 4.69) is 61.5 Å². The summed E-state index contributed by atoms with van der Waals surface area (Å²) in [5.74, 6) is 0.781. The van der Waals surface area contributed by atoms with Gasteiger partial charge in [-0.2, -0.15) is 21.0 Å². The smallest absolute Gasteiger partial charge is 0.280 e. The molecule has 29 heteroatoms. The molecular weight excluding hydrogens is 1460 g/mol. The Morgan fingerprint density at radius 1 is 0.576 bits per heavy atom. The molecule has 2 aromatic heterocycles. The van der Waals surface area contributed by atoms with Gasteiger partial charge in [0.05, 0.1) is 10.5 Å². The van der Waals surface area contributed by atoms with Crippen LogP contribution in [0.25, 0.3) is 0 Å². The van der Waals surface area contributed by atoms with Crippen molar-refractivity contribution in [2.75, 3.05) is 66.5 Å². The number of thioether (sulfide) groups is 1. The number of nitrogen functional groups attached to an aromatic ring is 4. The van der Waals surface area contributed by atoms with Crippen LogP contribution in [-0.2, 0) is 25.7 Å². The first kappa shape index (κ1) is 83.8. The number of phenols is 1. The number of nitrogens with one attached hydrogen (secondary N) is 3. The summed E-state index contributed by atoms with van der Waals surface area (Å²) >= 11 is 14.4. The average molecular weight is 1540 g/mol. The van der Waals surface area contributed by atoms with Gasteiger partial charge in [0.1, 0.15) is 41.2 Å². The molecule has 0 fully saturated rings. The Bertz CT molecular complexity index is 3230. The lowest BCUT2D eigenvalue weighted by molar-refractivity contribution is 0.0964. The number of amides is 2. The van der Waals surface area contributed by atoms with Crippen molar-refractivity contribution in [2.45, 2.75) is 104 Å². The molecule has 4 aromatic carbocycles. The number of hydrogen-bond donors (Lipinski definition) is 10. The molecule has 0 radical (unpaired) electrons. The predicted octanol–water partition coefficient (Wildman–Crippen LogP) is 11.5. The Morgan fingerprint density at radius 3 is 1.24 bits per heavy atom. The van der Waals surface area contributed by atoms with Gasteiger partial charge in [-0.05, 0) is 148 Å². The molecule has 0 atom stereocenters. The zero-order chi connectivity index (χ0) is 67.6. The molecule has 0 unspecified atom stereocenters. The minimum atomic E-state index is -0.670. The third-order valence-corrected chi connectivity index (χ3v) is 13.2. The van der Waals surface area contributed by atoms with E-state index < -0.39 is 11.8 Å². The molecule has 6 rings (SSSR count). The minimum Gasteiger partial charge on any atom is -0.508 e. The number of alkyl halides is 1. The Labute approximate surface area is 584 Å². The van der Waals surface area contributed by atoms with E-state index in [1.807, 2.05) is 120 Å². The fourth-order valence-corrected chi connectivity index (χ4v) is 7.63. The first-order valence-corrected chi connectivity index (χ1v) is 32.2. The quantitative estimate of drug-likeness (QED) is 0.00836. The average Bonchev–Trinajstić information content (AvgIpc) is 1.12. The fourth-order valence-electron chi connectivity index (χ4n) is 7.18. The van der Waals surface area contributed by atoms with Crippen LogP contribution in [0.15, 0.2) is 102 Å². The van der Waals surface area contributed by atoms with E-state index in [9.17, 15) is 9.59 Å². The molecule has 0 aliphatic rings. The molecule has 2 heterocycles. The van der Waals surface area contributed by atoms with E-state index in [0.29, 0.717) is 22.5 Å². The second-order valence-electron chi connectivity index (χ2n) is 18.8. The molecule has 2 amide bonds. The molecule has 0 bridgehead atoms. The number of phenolic OH excluding ortho intramolecular Hbond substituents is 1. The number of nitrogens with zero attached hydrogens (tertiary/aromatic N) is 9. The number of aromatic hydroxyl groups is 1. The van der Waals surface area contributed by atoms with E-state index in [4.69, 9.17) is 103 Å². The van der Waals surface area contributed by atoms with Crippen LogP contribution in [-0.4, -0.2) is 91.6 Å². The number of halogens is 4. The molecule has 0 aliphatic heterocycles. The van der Waals surface area contributed by atoms with Gasteiger partial charge in [0.15, 0.2) is 75.9 Å². The molecule has 16 N–H and O–H groups in total. The van der Waals surface area contributed by atoms with Crippen molar-refractivity contribution in [1.82, 2.24) is 30.6 Å². The van der Waals surface area contributed by atoms with E-state index in [1.54, 1.807) is 18.4 Å². The van der Waals surface area contributed by atoms with Crippen LogP contribution in [0.1, 0.15) is 121 Å². The van der Waals surface area contributed by atoms with Crippen molar-refractivity contribution >= 4 is 128 Å². The topological polar surface area (TPSA) is 445 Å². The Morgan fingerprint density at radius 2 is 0.913 bits per heavy atom. The highest BCUT2D eigenvalue weighted by Gasteiger charge is 2.18. The molecule has 0 aliphatic carbocycles. The van der Waals surface area contributed by atoms with Crippen molar-refractivity contribution in [3.8, 4) is 47.3 Å². The maximum atomic E-state index is 12.1. The van der Waals surface area contributed by atoms with Crippen LogP contribution < -0.4 is 59.2 Å². The first-order valence-electron chi connectivity index (χ1n) is 28.7. The van der Waals surface area contributed by atoms with Gasteiger partial charge in [0, 0.05) is 6.54 Å². The van der Waals surface area contributed by atoms with Crippen LogP contribution in [0.2, 0.25) is 10.3 Å². The number of amidine groups is 1. The van der Waals surface area contributed by atoms with E-state index in [1.165, 1.54) is 55.2 Å². The first-order chi connectivity index (χ1) is 43.8. The number of carbonyl (C=O) groups excluding carboxylic acids is 2. The van der Waals surface area contributed by atoms with Gasteiger partial charge in [-0.25, -0.2) is 19.9 Å². The lowest BCUT2D eigenvalue weighted by atomic mass is 10.1. The highest BCUT2D eigenvalue weighted by molar-refractivity contribution is 14.1. The molecule has 6 aromatic rings. The highest BCUT2D eigenvalue weighted by atomic mass is 127. The number of guanidine groups is 1. The third-order valence-electron chi connectivity index (χ3n) is 11.8. The number of aryl methyl sites for hydroxylation is 4. The minimum absolute atomic E-state index is 0. The maximum absolute atomic E-state index is 12.1. The summed E-state index contributed by atoms with van der Waals surface area (Å²) in [5.41, 5.74) is 37.8. The summed E-state index contributed by atoms with van der Waals surface area (Å²) in [4.78, 5) is 42.7. The summed E-state index contributed by atoms with van der Waals surface area (Å²) in [6, 6.07) is 38.6. The lowest BCUT2D eigenvalue weighted by Crippen LogP contribution is -2.38. The van der Waals surface area contributed by atoms with Gasteiger partial charge in [-0.1, -0.05) is 146 Å². The van der Waals surface area contributed by atoms with Gasteiger partial charge < -0.3 is 59.0 Å². The van der Waals surface area contributed by atoms with Crippen molar-refractivity contribution in [1.29, 1.82) is 26.5 Å². The summed E-state index contributed by atoms with van der Waals surface area (Å²) in [6.07, 6.45) is 17.3. The number of rotatable bonds is 25. The number of unbranched alkanes of at least 4 members (excludes halogenated alkanes) is 6. The standard InChI is InChI=1S/C18H21ClN8O2.C13H17NO.C12H16N2O.C11H16O.C7H9ClN6OS.C2H2IN.HI/c19-14-16(22)26-15(21)13(25-14)17(28)27-18(23)24-9-2-1-3-11-4-6-12(7-5-11)29-10-8-20;1-2-3-4-5-12-6-8-13(9-7-12)15-11-10-14;13-8-2-1-3-11-4-6-12(7-5-11)15-10-9-14;1-2-3-4-5-10-6-8-11(12)9-7-10;1-16-7(11)14-6(15)2-4(9)13-5(10)3(8)12-2;3-1-2-4;/h4-7H,1-3,9-10H2,(H4,21,22,26)(H3,23,24,27,28);6-9H,2-5,11H2,1H3;4-7H,1-3,8,10,13H2;6-9,12H,2-5H2,1H3;1H3,(H4,9,10,13)(H2,11,14,15);1H2;1H. The number of nitriles is 4. The molecule has 494 valence electrons. The van der Waals surface area contributed by atoms with E-state index in [-0.39, 0.29) is 99.9 Å².